The quantitative estimate of drug-likeness (QED) is 0.324. The van der Waals surface area contributed by atoms with Crippen LogP contribution in [0, 0.1) is 11.8 Å². The Bertz CT molecular complexity index is 1530. The van der Waals surface area contributed by atoms with Crippen molar-refractivity contribution in [1.29, 1.82) is 0 Å². The van der Waals surface area contributed by atoms with Crippen molar-refractivity contribution in [2.75, 3.05) is 0 Å². The summed E-state index contributed by atoms with van der Waals surface area (Å²) in [6.07, 6.45) is 1.65. The van der Waals surface area contributed by atoms with Crippen LogP contribution in [0.4, 0.5) is 0 Å². The molecule has 2 aliphatic heterocycles. The topological polar surface area (TPSA) is 109 Å². The molecule has 3 aromatic carbocycles. The third-order valence-electron chi connectivity index (χ3n) is 7.72. The fourth-order valence-electron chi connectivity index (χ4n) is 5.88. The number of para-hydroxylation sites is 1. The number of benzene rings is 3. The van der Waals surface area contributed by atoms with Crippen LogP contribution in [-0.2, 0) is 27.3 Å². The van der Waals surface area contributed by atoms with Crippen LogP contribution in [-0.4, -0.2) is 38.3 Å². The number of rotatable bonds is 8. The average Bonchev–Trinajstić information content (AvgIpc) is 3.45. The molecule has 4 aromatic rings. The molecule has 3 heterocycles. The highest BCUT2D eigenvalue weighted by Gasteiger charge is 2.68. The number of aliphatic carboxylic acids is 1. The maximum Gasteiger partial charge on any atom is 0.325 e. The molecule has 8 nitrogen and oxygen atoms in total. The molecule has 1 aromatic heterocycles. The van der Waals surface area contributed by atoms with E-state index in [-0.39, 0.29) is 13.0 Å². The van der Waals surface area contributed by atoms with Gasteiger partial charge in [0.15, 0.2) is 0 Å². The Hall–Kier alpha value is -4.82. The molecule has 2 N–H and O–H groups in total. The van der Waals surface area contributed by atoms with Crippen molar-refractivity contribution in [3.8, 4) is 11.5 Å². The van der Waals surface area contributed by atoms with Gasteiger partial charge in [-0.05, 0) is 47.5 Å². The molecule has 8 heteroatoms. The number of nitrogens with zero attached hydrogens (tertiary/aromatic N) is 2. The summed E-state index contributed by atoms with van der Waals surface area (Å²) in [5, 5.41) is 13.9. The molecular formula is C32H27N3O5. The van der Waals surface area contributed by atoms with Gasteiger partial charge >= 0.3 is 5.97 Å². The second-order valence-corrected chi connectivity index (χ2v) is 10.1. The van der Waals surface area contributed by atoms with Crippen LogP contribution in [0.15, 0.2) is 109 Å². The fraction of sp³-hybridized carbons (Fsp3) is 0.188. The number of carboxylic acid groups (broad SMARTS) is 1. The van der Waals surface area contributed by atoms with Gasteiger partial charge < -0.3 is 9.84 Å². The highest BCUT2D eigenvalue weighted by atomic mass is 16.5. The van der Waals surface area contributed by atoms with Crippen molar-refractivity contribution in [2.45, 2.75) is 24.5 Å². The number of amides is 2. The number of hydrogen-bond acceptors (Lipinski definition) is 6. The predicted molar refractivity (Wildman–Crippen MR) is 146 cm³/mol. The number of imide groups is 1. The van der Waals surface area contributed by atoms with Gasteiger partial charge in [0.05, 0.1) is 24.1 Å². The highest BCUT2D eigenvalue weighted by Crippen LogP contribution is 2.50. The van der Waals surface area contributed by atoms with Crippen molar-refractivity contribution in [3.63, 3.8) is 0 Å². The van der Waals surface area contributed by atoms with Crippen LogP contribution < -0.4 is 10.1 Å². The second kappa shape index (κ2) is 10.4. The van der Waals surface area contributed by atoms with Gasteiger partial charge in [-0.15, -0.1) is 0 Å². The Morgan fingerprint density at radius 2 is 1.50 bits per heavy atom. The Morgan fingerprint density at radius 3 is 2.15 bits per heavy atom. The zero-order valence-corrected chi connectivity index (χ0v) is 21.5. The summed E-state index contributed by atoms with van der Waals surface area (Å²) in [4.78, 5) is 46.3. The number of carbonyl (C=O) groups excluding carboxylic acids is 2. The number of aromatic nitrogens is 1. The first-order valence-electron chi connectivity index (χ1n) is 13.1. The van der Waals surface area contributed by atoms with Gasteiger partial charge in [0.1, 0.15) is 17.0 Å². The largest absolute Gasteiger partial charge is 0.480 e. The summed E-state index contributed by atoms with van der Waals surface area (Å²) in [7, 11) is 0. The van der Waals surface area contributed by atoms with Gasteiger partial charge in [-0.1, -0.05) is 66.7 Å². The summed E-state index contributed by atoms with van der Waals surface area (Å²) in [6.45, 7) is -0.0108. The second-order valence-electron chi connectivity index (χ2n) is 10.1. The lowest BCUT2D eigenvalue weighted by molar-refractivity contribution is -0.151. The molecule has 6 rings (SSSR count). The van der Waals surface area contributed by atoms with E-state index in [0.717, 1.165) is 5.56 Å². The SMILES string of the molecule is O=C1C2C(c3ccc(Oc4ccccc4)cc3)NC(Cc3ccccc3)(C(=O)O)C2C(=O)N1Cc1ccccn1. The predicted octanol–water partition coefficient (Wildman–Crippen LogP) is 4.39. The summed E-state index contributed by atoms with van der Waals surface area (Å²) < 4.78 is 5.91. The highest BCUT2D eigenvalue weighted by molar-refractivity contribution is 6.09. The van der Waals surface area contributed by atoms with Gasteiger partial charge in [0.2, 0.25) is 11.8 Å². The molecule has 40 heavy (non-hydrogen) atoms. The molecule has 0 spiro atoms. The number of carboxylic acids is 1. The van der Waals surface area contributed by atoms with Crippen molar-refractivity contribution < 1.29 is 24.2 Å². The lowest BCUT2D eigenvalue weighted by Gasteiger charge is -2.31. The summed E-state index contributed by atoms with van der Waals surface area (Å²) >= 11 is 0. The molecule has 0 saturated carbocycles. The minimum Gasteiger partial charge on any atom is -0.480 e. The van der Waals surface area contributed by atoms with Crippen molar-refractivity contribution >= 4 is 17.8 Å². The molecule has 0 radical (unpaired) electrons. The van der Waals surface area contributed by atoms with E-state index in [4.69, 9.17) is 4.74 Å². The van der Waals surface area contributed by atoms with Gasteiger partial charge in [-0.25, -0.2) is 0 Å². The monoisotopic (exact) mass is 533 g/mol. The number of fused-ring (bicyclic) bond motifs is 1. The van der Waals surface area contributed by atoms with Crippen molar-refractivity contribution in [3.05, 3.63) is 126 Å². The maximum atomic E-state index is 13.9. The fourth-order valence-corrected chi connectivity index (χ4v) is 5.88. The van der Waals surface area contributed by atoms with Crippen LogP contribution in [0.5, 0.6) is 11.5 Å². The standard InChI is InChI=1S/C32H27N3O5/c36-29-26-27(30(37)35(29)20-23-11-7-8-18-33-23)32(31(38)39,19-21-9-3-1-4-10-21)34-28(26)22-14-16-25(17-15-22)40-24-12-5-2-6-13-24/h1-18,26-28,34H,19-20H2,(H,38,39). The van der Waals surface area contributed by atoms with Crippen molar-refractivity contribution in [2.24, 2.45) is 11.8 Å². The molecule has 0 bridgehead atoms. The van der Waals surface area contributed by atoms with E-state index < -0.39 is 41.2 Å². The summed E-state index contributed by atoms with van der Waals surface area (Å²) in [6, 6.07) is 30.3. The van der Waals surface area contributed by atoms with E-state index in [1.54, 1.807) is 36.5 Å². The molecule has 2 fully saturated rings. The third-order valence-corrected chi connectivity index (χ3v) is 7.72. The smallest absolute Gasteiger partial charge is 0.325 e. The van der Waals surface area contributed by atoms with Crippen LogP contribution >= 0.6 is 0 Å². The Labute approximate surface area is 231 Å². The van der Waals surface area contributed by atoms with E-state index in [0.29, 0.717) is 22.8 Å². The van der Waals surface area contributed by atoms with Gasteiger partial charge in [-0.3, -0.25) is 29.6 Å². The lowest BCUT2D eigenvalue weighted by Crippen LogP contribution is -2.57. The number of hydrogen-bond donors (Lipinski definition) is 2. The van der Waals surface area contributed by atoms with E-state index in [9.17, 15) is 19.5 Å². The van der Waals surface area contributed by atoms with Gasteiger partial charge in [0, 0.05) is 18.7 Å². The lowest BCUT2D eigenvalue weighted by atomic mass is 9.76. The minimum absolute atomic E-state index is 0.0108. The Kier molecular flexibility index (Phi) is 6.61. The van der Waals surface area contributed by atoms with Gasteiger partial charge in [0.25, 0.3) is 0 Å². The molecule has 200 valence electrons. The number of carbonyl (C=O) groups is 3. The number of pyridine rings is 1. The first-order valence-corrected chi connectivity index (χ1v) is 13.1. The molecule has 2 aliphatic rings. The first kappa shape index (κ1) is 25.5. The van der Waals surface area contributed by atoms with E-state index >= 15 is 0 Å². The third kappa shape index (κ3) is 4.52. The molecule has 2 saturated heterocycles. The van der Waals surface area contributed by atoms with Crippen LogP contribution in [0.25, 0.3) is 0 Å². The van der Waals surface area contributed by atoms with Crippen LogP contribution in [0.2, 0.25) is 0 Å². The number of ether oxygens (including phenoxy) is 1. The van der Waals surface area contributed by atoms with E-state index in [1.165, 1.54) is 4.90 Å². The minimum atomic E-state index is -1.68. The number of likely N-dealkylation sites (tertiary alicyclic amines) is 1. The Morgan fingerprint density at radius 1 is 0.850 bits per heavy atom. The Balaban J connectivity index is 1.38. The normalized spacial score (nSPS) is 23.7. The molecule has 2 amide bonds. The average molecular weight is 534 g/mol. The maximum absolute atomic E-state index is 13.9. The zero-order valence-electron chi connectivity index (χ0n) is 21.5. The molecule has 4 atom stereocenters. The number of nitrogens with one attached hydrogen (secondary N) is 1. The molecule has 0 aliphatic carbocycles. The summed E-state index contributed by atoms with van der Waals surface area (Å²) in [5.74, 6) is -2.77. The summed E-state index contributed by atoms with van der Waals surface area (Å²) in [5.41, 5.74) is 0.334. The van der Waals surface area contributed by atoms with Gasteiger partial charge in [-0.2, -0.15) is 0 Å². The molecular weight excluding hydrogens is 506 g/mol. The van der Waals surface area contributed by atoms with E-state index in [2.05, 4.69) is 10.3 Å². The molecule has 4 unspecified atom stereocenters. The zero-order chi connectivity index (χ0) is 27.7. The van der Waals surface area contributed by atoms with Crippen molar-refractivity contribution in [1.82, 2.24) is 15.2 Å². The first-order chi connectivity index (χ1) is 19.5. The van der Waals surface area contributed by atoms with Crippen LogP contribution in [0.1, 0.15) is 22.9 Å². The van der Waals surface area contributed by atoms with E-state index in [1.807, 2.05) is 72.8 Å². The van der Waals surface area contributed by atoms with Crippen LogP contribution in [0.3, 0.4) is 0 Å².